The molecule has 3 N–H and O–H groups in total. The van der Waals surface area contributed by atoms with Crippen LogP contribution < -0.4 is 16.0 Å². The van der Waals surface area contributed by atoms with E-state index in [1.54, 1.807) is 24.3 Å². The second kappa shape index (κ2) is 11.5. The van der Waals surface area contributed by atoms with Crippen LogP contribution in [0.4, 0.5) is 5.69 Å². The first-order valence-corrected chi connectivity index (χ1v) is 9.83. The molecule has 1 unspecified atom stereocenters. The average molecular weight is 455 g/mol. The van der Waals surface area contributed by atoms with Crippen molar-refractivity contribution >= 4 is 69.7 Å². The molecule has 0 bridgehead atoms. The van der Waals surface area contributed by atoms with Gasteiger partial charge in [0.2, 0.25) is 9.70 Å². The molecule has 0 saturated heterocycles. The van der Waals surface area contributed by atoms with Crippen LogP contribution >= 0.6 is 47.0 Å². The number of unbranched alkanes of at least 4 members (excludes halogenated alkanes) is 2. The summed E-state index contributed by atoms with van der Waals surface area (Å²) in [6, 6.07) is 6.46. The van der Waals surface area contributed by atoms with E-state index in [4.69, 9.17) is 47.0 Å². The number of nitrogens with one attached hydrogen (secondary N) is 3. The Bertz CT molecular complexity index is 651. The number of carbonyl (C=O) groups is 2. The molecule has 0 aliphatic rings. The van der Waals surface area contributed by atoms with Gasteiger partial charge in [0.1, 0.15) is 6.17 Å². The maximum Gasteiger partial charge on any atom is 0.337 e. The fraction of sp³-hybridized carbons (Fsp3) is 0.471. The Kier molecular flexibility index (Phi) is 10.2. The topological polar surface area (TPSA) is 79.5 Å². The summed E-state index contributed by atoms with van der Waals surface area (Å²) in [6.07, 6.45) is 2.03. The number of esters is 1. The number of amides is 1. The van der Waals surface area contributed by atoms with Gasteiger partial charge in [-0.15, -0.1) is 0 Å². The van der Waals surface area contributed by atoms with Crippen LogP contribution in [0.1, 0.15) is 43.0 Å². The van der Waals surface area contributed by atoms with Crippen LogP contribution in [-0.2, 0) is 9.53 Å². The molecular formula is C17H22Cl3N3O3S. The molecule has 0 aromatic heterocycles. The molecule has 0 fully saturated rings. The molecule has 1 aromatic rings. The first kappa shape index (κ1) is 23.8. The zero-order valence-electron chi connectivity index (χ0n) is 15.0. The Balaban J connectivity index is 2.66. The smallest absolute Gasteiger partial charge is 0.337 e. The second-order valence-corrected chi connectivity index (χ2v) is 8.44. The predicted molar refractivity (Wildman–Crippen MR) is 114 cm³/mol. The van der Waals surface area contributed by atoms with Crippen molar-refractivity contribution in [2.45, 2.75) is 42.6 Å². The number of halogens is 3. The Labute approximate surface area is 179 Å². The van der Waals surface area contributed by atoms with Gasteiger partial charge in [-0.25, -0.2) is 4.79 Å². The summed E-state index contributed by atoms with van der Waals surface area (Å²) >= 11 is 23.0. The van der Waals surface area contributed by atoms with E-state index in [2.05, 4.69) is 20.7 Å². The van der Waals surface area contributed by atoms with Gasteiger partial charge in [-0.05, 0) is 42.9 Å². The lowest BCUT2D eigenvalue weighted by Crippen LogP contribution is -2.56. The SMILES string of the molecule is CCCCCC(=O)NC(NC(=S)Nc1ccc(C(=O)OC)cc1)C(Cl)(Cl)Cl. The van der Waals surface area contributed by atoms with Crippen molar-refractivity contribution in [3.63, 3.8) is 0 Å². The molecule has 0 saturated carbocycles. The van der Waals surface area contributed by atoms with Gasteiger partial charge in [-0.3, -0.25) is 4.79 Å². The van der Waals surface area contributed by atoms with Gasteiger partial charge < -0.3 is 20.7 Å². The number of benzene rings is 1. The molecule has 10 heteroatoms. The van der Waals surface area contributed by atoms with Gasteiger partial charge in [-0.2, -0.15) is 0 Å². The summed E-state index contributed by atoms with van der Waals surface area (Å²) in [6.45, 7) is 2.05. The predicted octanol–water partition coefficient (Wildman–Crippen LogP) is 4.15. The molecule has 0 radical (unpaired) electrons. The summed E-state index contributed by atoms with van der Waals surface area (Å²) < 4.78 is 2.83. The summed E-state index contributed by atoms with van der Waals surface area (Å²) in [4.78, 5) is 23.4. The van der Waals surface area contributed by atoms with Crippen LogP contribution in [-0.4, -0.2) is 34.1 Å². The zero-order chi connectivity index (χ0) is 20.4. The fourth-order valence-corrected chi connectivity index (χ4v) is 2.64. The number of hydrogen-bond donors (Lipinski definition) is 3. The molecule has 0 spiro atoms. The highest BCUT2D eigenvalue weighted by Crippen LogP contribution is 2.29. The lowest BCUT2D eigenvalue weighted by molar-refractivity contribution is -0.122. The second-order valence-electron chi connectivity index (χ2n) is 5.67. The third-order valence-electron chi connectivity index (χ3n) is 3.48. The highest BCUT2D eigenvalue weighted by atomic mass is 35.6. The van der Waals surface area contributed by atoms with Crippen LogP contribution in [0.15, 0.2) is 24.3 Å². The fourth-order valence-electron chi connectivity index (χ4n) is 2.07. The van der Waals surface area contributed by atoms with E-state index < -0.39 is 15.9 Å². The number of rotatable bonds is 8. The van der Waals surface area contributed by atoms with Crippen LogP contribution in [0.2, 0.25) is 0 Å². The van der Waals surface area contributed by atoms with E-state index in [-0.39, 0.29) is 11.0 Å². The molecule has 1 atom stereocenters. The van der Waals surface area contributed by atoms with Crippen molar-refractivity contribution in [1.29, 1.82) is 0 Å². The molecule has 0 aliphatic heterocycles. The van der Waals surface area contributed by atoms with Gasteiger partial charge in [-0.1, -0.05) is 54.6 Å². The highest BCUT2D eigenvalue weighted by Gasteiger charge is 2.34. The summed E-state index contributed by atoms with van der Waals surface area (Å²) in [5, 5.41) is 8.45. The lowest BCUT2D eigenvalue weighted by Gasteiger charge is -2.27. The van der Waals surface area contributed by atoms with E-state index in [0.29, 0.717) is 17.7 Å². The number of anilines is 1. The minimum Gasteiger partial charge on any atom is -0.465 e. The third-order valence-corrected chi connectivity index (χ3v) is 4.35. The van der Waals surface area contributed by atoms with Gasteiger partial charge >= 0.3 is 5.97 Å². The van der Waals surface area contributed by atoms with Gasteiger partial charge in [0.05, 0.1) is 12.7 Å². The summed E-state index contributed by atoms with van der Waals surface area (Å²) in [5.74, 6) is -0.679. The molecule has 0 aliphatic carbocycles. The molecule has 1 aromatic carbocycles. The van der Waals surface area contributed by atoms with E-state index >= 15 is 0 Å². The van der Waals surface area contributed by atoms with Crippen molar-refractivity contribution in [3.05, 3.63) is 29.8 Å². The monoisotopic (exact) mass is 453 g/mol. The van der Waals surface area contributed by atoms with E-state index in [1.165, 1.54) is 7.11 Å². The average Bonchev–Trinajstić information content (AvgIpc) is 2.60. The van der Waals surface area contributed by atoms with Crippen molar-refractivity contribution < 1.29 is 14.3 Å². The van der Waals surface area contributed by atoms with Crippen molar-refractivity contribution in [2.24, 2.45) is 0 Å². The quantitative estimate of drug-likeness (QED) is 0.180. The van der Waals surface area contributed by atoms with Crippen molar-refractivity contribution in [3.8, 4) is 0 Å². The largest absolute Gasteiger partial charge is 0.465 e. The normalized spacial score (nSPS) is 12.0. The van der Waals surface area contributed by atoms with Crippen LogP contribution in [0.5, 0.6) is 0 Å². The number of carbonyl (C=O) groups excluding carboxylic acids is 2. The zero-order valence-corrected chi connectivity index (χ0v) is 18.1. The summed E-state index contributed by atoms with van der Waals surface area (Å²) in [5.41, 5.74) is 1.01. The first-order valence-electron chi connectivity index (χ1n) is 8.29. The van der Waals surface area contributed by atoms with Gasteiger partial charge in [0.25, 0.3) is 0 Å². The number of alkyl halides is 3. The van der Waals surface area contributed by atoms with Crippen LogP contribution in [0.25, 0.3) is 0 Å². The standard InChI is InChI=1S/C17H22Cl3N3O3S/c1-3-4-5-6-13(24)22-15(17(18,19)20)23-16(27)21-12-9-7-11(8-10-12)14(25)26-2/h7-10,15H,3-6H2,1-2H3,(H,22,24)(H2,21,23,27). The number of thiocarbonyl (C=S) groups is 1. The lowest BCUT2D eigenvalue weighted by atomic mass is 10.2. The Morgan fingerprint density at radius 2 is 1.78 bits per heavy atom. The molecule has 6 nitrogen and oxygen atoms in total. The maximum absolute atomic E-state index is 12.0. The van der Waals surface area contributed by atoms with Crippen molar-refractivity contribution in [2.75, 3.05) is 12.4 Å². The Morgan fingerprint density at radius 3 is 2.30 bits per heavy atom. The molecule has 150 valence electrons. The van der Waals surface area contributed by atoms with Crippen LogP contribution in [0.3, 0.4) is 0 Å². The third kappa shape index (κ3) is 8.97. The number of hydrogen-bond acceptors (Lipinski definition) is 4. The first-order chi connectivity index (χ1) is 12.7. The van der Waals surface area contributed by atoms with Gasteiger partial charge in [0, 0.05) is 12.1 Å². The van der Waals surface area contributed by atoms with E-state index in [1.807, 2.05) is 6.92 Å². The summed E-state index contributed by atoms with van der Waals surface area (Å²) in [7, 11) is 1.31. The Morgan fingerprint density at radius 1 is 1.15 bits per heavy atom. The molecule has 1 rings (SSSR count). The number of ether oxygens (including phenoxy) is 1. The van der Waals surface area contributed by atoms with E-state index in [9.17, 15) is 9.59 Å². The number of methoxy groups -OCH3 is 1. The molecular weight excluding hydrogens is 433 g/mol. The van der Waals surface area contributed by atoms with Crippen LogP contribution in [0, 0.1) is 0 Å². The maximum atomic E-state index is 12.0. The Hall–Kier alpha value is -1.28. The van der Waals surface area contributed by atoms with Crippen molar-refractivity contribution in [1.82, 2.24) is 10.6 Å². The van der Waals surface area contributed by atoms with E-state index in [0.717, 1.165) is 19.3 Å². The van der Waals surface area contributed by atoms with Gasteiger partial charge in [0.15, 0.2) is 5.11 Å². The highest BCUT2D eigenvalue weighted by molar-refractivity contribution is 7.80. The molecule has 27 heavy (non-hydrogen) atoms. The molecule has 0 heterocycles. The minimum atomic E-state index is -1.80. The minimum absolute atomic E-state index is 0.144. The molecule has 1 amide bonds.